The number of nitrogens with one attached hydrogen (secondary N) is 1. The number of hydrazone groups is 1. The van der Waals surface area contributed by atoms with Gasteiger partial charge in [0.2, 0.25) is 0 Å². The average molecular weight is 462 g/mol. The number of halogens is 2. The summed E-state index contributed by atoms with van der Waals surface area (Å²) in [6.07, 6.45) is 1.44. The fraction of sp³-hybridized carbons (Fsp3) is 0.0500. The van der Waals surface area contributed by atoms with Crippen LogP contribution in [0.2, 0.25) is 10.0 Å². The van der Waals surface area contributed by atoms with Gasteiger partial charge in [-0.05, 0) is 42.5 Å². The molecule has 0 aliphatic carbocycles. The van der Waals surface area contributed by atoms with Crippen molar-refractivity contribution in [1.82, 2.24) is 10.4 Å². The van der Waals surface area contributed by atoms with Crippen LogP contribution >= 0.6 is 46.3 Å². The van der Waals surface area contributed by atoms with Gasteiger partial charge >= 0.3 is 0 Å². The van der Waals surface area contributed by atoms with Gasteiger partial charge in [0, 0.05) is 15.6 Å². The van der Waals surface area contributed by atoms with Crippen LogP contribution in [-0.2, 0) is 4.79 Å². The second kappa shape index (κ2) is 9.00. The first kappa shape index (κ1) is 20.0. The molecule has 1 N–H and O–H groups in total. The molecule has 4 aromatic rings. The first-order valence-corrected chi connectivity index (χ1v) is 11.0. The summed E-state index contributed by atoms with van der Waals surface area (Å²) < 4.78 is 7.64. The number of thiazole rings is 1. The summed E-state index contributed by atoms with van der Waals surface area (Å²) in [6.45, 7) is 0. The monoisotopic (exact) mass is 461 g/mol. The van der Waals surface area contributed by atoms with Crippen molar-refractivity contribution < 1.29 is 9.21 Å². The van der Waals surface area contributed by atoms with Crippen LogP contribution in [0.3, 0.4) is 0 Å². The number of para-hydroxylation sites is 1. The molecule has 146 valence electrons. The van der Waals surface area contributed by atoms with Gasteiger partial charge in [0.05, 0.1) is 22.2 Å². The van der Waals surface area contributed by atoms with Crippen molar-refractivity contribution in [3.8, 4) is 11.3 Å². The maximum absolute atomic E-state index is 12.0. The second-order valence-corrected chi connectivity index (χ2v) is 9.02. The van der Waals surface area contributed by atoms with Gasteiger partial charge in [-0.2, -0.15) is 5.10 Å². The zero-order valence-corrected chi connectivity index (χ0v) is 17.9. The highest BCUT2D eigenvalue weighted by molar-refractivity contribution is 8.01. The molecular weight excluding hydrogens is 449 g/mol. The molecule has 0 aliphatic rings. The molecule has 0 saturated heterocycles. The van der Waals surface area contributed by atoms with E-state index in [1.807, 2.05) is 24.3 Å². The molecular formula is C20H13Cl2N3O2S2. The fourth-order valence-corrected chi connectivity index (χ4v) is 4.90. The molecule has 9 heteroatoms. The zero-order valence-electron chi connectivity index (χ0n) is 14.8. The van der Waals surface area contributed by atoms with Crippen molar-refractivity contribution >= 4 is 68.6 Å². The number of rotatable bonds is 6. The van der Waals surface area contributed by atoms with E-state index in [9.17, 15) is 4.79 Å². The molecule has 0 atom stereocenters. The third-order valence-electron chi connectivity index (χ3n) is 3.76. The zero-order chi connectivity index (χ0) is 20.2. The van der Waals surface area contributed by atoms with Gasteiger partial charge in [-0.15, -0.1) is 11.3 Å². The van der Waals surface area contributed by atoms with E-state index in [1.54, 1.807) is 41.7 Å². The molecule has 0 fully saturated rings. The Morgan fingerprint density at radius 3 is 2.76 bits per heavy atom. The molecule has 0 spiro atoms. The van der Waals surface area contributed by atoms with Crippen LogP contribution in [0.5, 0.6) is 0 Å². The minimum atomic E-state index is -0.223. The average Bonchev–Trinajstić information content (AvgIpc) is 3.32. The van der Waals surface area contributed by atoms with Gasteiger partial charge in [0.1, 0.15) is 11.5 Å². The fourth-order valence-electron chi connectivity index (χ4n) is 2.51. The first-order valence-electron chi connectivity index (χ1n) is 8.43. The number of hydrogen-bond donors (Lipinski definition) is 1. The van der Waals surface area contributed by atoms with Crippen LogP contribution in [0.15, 0.2) is 68.5 Å². The quantitative estimate of drug-likeness (QED) is 0.213. The lowest BCUT2D eigenvalue weighted by molar-refractivity contribution is -0.118. The molecule has 0 bridgehead atoms. The summed E-state index contributed by atoms with van der Waals surface area (Å²) in [5.74, 6) is 1.10. The molecule has 4 rings (SSSR count). The molecule has 0 unspecified atom stereocenters. The second-order valence-electron chi connectivity index (χ2n) is 5.89. The lowest BCUT2D eigenvalue weighted by Crippen LogP contribution is -2.19. The smallest absolute Gasteiger partial charge is 0.250 e. The highest BCUT2D eigenvalue weighted by Crippen LogP contribution is 2.29. The number of nitrogens with zero attached hydrogens (tertiary/aromatic N) is 2. The Hall–Kier alpha value is -2.32. The Kier molecular flexibility index (Phi) is 6.20. The minimum Gasteiger partial charge on any atom is -0.455 e. The van der Waals surface area contributed by atoms with Gasteiger partial charge in [-0.3, -0.25) is 4.79 Å². The number of thioether (sulfide) groups is 1. The maximum Gasteiger partial charge on any atom is 0.250 e. The molecule has 0 radical (unpaired) electrons. The van der Waals surface area contributed by atoms with E-state index in [4.69, 9.17) is 27.6 Å². The highest BCUT2D eigenvalue weighted by Gasteiger charge is 2.08. The van der Waals surface area contributed by atoms with E-state index in [0.29, 0.717) is 21.6 Å². The minimum absolute atomic E-state index is 0.223. The van der Waals surface area contributed by atoms with Crippen molar-refractivity contribution in [2.24, 2.45) is 5.10 Å². The Balaban J connectivity index is 1.31. The summed E-state index contributed by atoms with van der Waals surface area (Å²) in [5.41, 5.74) is 4.19. The summed E-state index contributed by atoms with van der Waals surface area (Å²) in [6, 6.07) is 16.6. The normalized spacial score (nSPS) is 11.4. The standard InChI is InChI=1S/C20H13Cl2N3O2S2/c21-13-7-12(8-14(22)9-13)17-6-5-15(27-17)10-23-25-19(26)11-28-20-24-16-3-1-2-4-18(16)29-20/h1-10H,11H2,(H,25,26)/b23-10+. The number of benzene rings is 2. The number of fused-ring (bicyclic) bond motifs is 1. The van der Waals surface area contributed by atoms with Crippen LogP contribution < -0.4 is 5.43 Å². The predicted octanol–water partition coefficient (Wildman–Crippen LogP) is 6.11. The Morgan fingerprint density at radius 1 is 1.17 bits per heavy atom. The van der Waals surface area contributed by atoms with Gasteiger partial charge in [-0.25, -0.2) is 10.4 Å². The Bertz CT molecular complexity index is 1150. The third kappa shape index (κ3) is 5.19. The predicted molar refractivity (Wildman–Crippen MR) is 120 cm³/mol. The lowest BCUT2D eigenvalue weighted by Gasteiger charge is -1.99. The number of furan rings is 1. The molecule has 5 nitrogen and oxygen atoms in total. The van der Waals surface area contributed by atoms with Crippen molar-refractivity contribution in [3.63, 3.8) is 0 Å². The molecule has 2 heterocycles. The summed E-state index contributed by atoms with van der Waals surface area (Å²) >= 11 is 15.0. The SMILES string of the molecule is O=C(CSc1nc2ccccc2s1)N/N=C/c1ccc(-c2cc(Cl)cc(Cl)c2)o1. The third-order valence-corrected chi connectivity index (χ3v) is 6.37. The van der Waals surface area contributed by atoms with Crippen molar-refractivity contribution in [3.05, 3.63) is 70.4 Å². The van der Waals surface area contributed by atoms with E-state index in [2.05, 4.69) is 15.5 Å². The number of carbonyl (C=O) groups is 1. The van der Waals surface area contributed by atoms with E-state index < -0.39 is 0 Å². The van der Waals surface area contributed by atoms with Crippen molar-refractivity contribution in [2.45, 2.75) is 4.34 Å². The summed E-state index contributed by atoms with van der Waals surface area (Å²) in [5, 5.41) is 4.99. The van der Waals surface area contributed by atoms with Gasteiger partial charge in [0.15, 0.2) is 4.34 Å². The van der Waals surface area contributed by atoms with E-state index in [-0.39, 0.29) is 11.7 Å². The topological polar surface area (TPSA) is 67.5 Å². The number of amides is 1. The summed E-state index contributed by atoms with van der Waals surface area (Å²) in [7, 11) is 0. The molecule has 29 heavy (non-hydrogen) atoms. The van der Waals surface area contributed by atoms with Gasteiger partial charge in [0.25, 0.3) is 5.91 Å². The Labute approximate surface area is 184 Å². The first-order chi connectivity index (χ1) is 14.1. The Morgan fingerprint density at radius 2 is 1.97 bits per heavy atom. The van der Waals surface area contributed by atoms with Crippen molar-refractivity contribution in [2.75, 3.05) is 5.75 Å². The largest absolute Gasteiger partial charge is 0.455 e. The van der Waals surface area contributed by atoms with Crippen LogP contribution in [0.1, 0.15) is 5.76 Å². The van der Waals surface area contributed by atoms with Crippen LogP contribution in [0.4, 0.5) is 0 Å². The molecule has 2 aromatic heterocycles. The maximum atomic E-state index is 12.0. The molecule has 0 saturated carbocycles. The van der Waals surface area contributed by atoms with Crippen LogP contribution in [0.25, 0.3) is 21.5 Å². The van der Waals surface area contributed by atoms with E-state index in [0.717, 1.165) is 20.1 Å². The molecule has 2 aromatic carbocycles. The highest BCUT2D eigenvalue weighted by atomic mass is 35.5. The molecule has 0 aliphatic heterocycles. The number of hydrogen-bond acceptors (Lipinski definition) is 6. The lowest BCUT2D eigenvalue weighted by atomic mass is 10.2. The van der Waals surface area contributed by atoms with Crippen LogP contribution in [-0.4, -0.2) is 22.9 Å². The van der Waals surface area contributed by atoms with Crippen molar-refractivity contribution in [1.29, 1.82) is 0 Å². The van der Waals surface area contributed by atoms with Crippen LogP contribution in [0, 0.1) is 0 Å². The molecule has 1 amide bonds. The van der Waals surface area contributed by atoms with E-state index >= 15 is 0 Å². The van der Waals surface area contributed by atoms with Gasteiger partial charge in [-0.1, -0.05) is 47.1 Å². The summed E-state index contributed by atoms with van der Waals surface area (Å²) in [4.78, 5) is 16.5. The van der Waals surface area contributed by atoms with Gasteiger partial charge < -0.3 is 4.42 Å². The number of aromatic nitrogens is 1. The van der Waals surface area contributed by atoms with E-state index in [1.165, 1.54) is 18.0 Å². The number of carbonyl (C=O) groups excluding carboxylic acids is 1.